The van der Waals surface area contributed by atoms with E-state index >= 15 is 0 Å². The molecule has 0 spiro atoms. The van der Waals surface area contributed by atoms with E-state index in [0.717, 1.165) is 35.8 Å². The Morgan fingerprint density at radius 2 is 2.16 bits per heavy atom. The predicted octanol–water partition coefficient (Wildman–Crippen LogP) is 3.02. The Bertz CT molecular complexity index is 433. The smallest absolute Gasteiger partial charge is 0.240 e. The maximum absolute atomic E-state index is 12.2. The lowest BCUT2D eigenvalue weighted by Gasteiger charge is -2.33. The van der Waals surface area contributed by atoms with Crippen LogP contribution in [0.15, 0.2) is 28.7 Å². The first-order valence-corrected chi connectivity index (χ1v) is 7.18. The fourth-order valence-electron chi connectivity index (χ4n) is 2.26. The van der Waals surface area contributed by atoms with Crippen molar-refractivity contribution in [3.63, 3.8) is 0 Å². The molecule has 0 aromatic heterocycles. The van der Waals surface area contributed by atoms with Gasteiger partial charge in [-0.2, -0.15) is 0 Å². The van der Waals surface area contributed by atoms with Gasteiger partial charge in [-0.1, -0.05) is 34.1 Å². The second-order valence-electron chi connectivity index (χ2n) is 4.99. The number of carbonyl (C=O) groups excluding carboxylic acids is 1. The summed E-state index contributed by atoms with van der Waals surface area (Å²) in [5.74, 6) is 0.0953. The van der Waals surface area contributed by atoms with E-state index in [1.54, 1.807) is 0 Å². The van der Waals surface area contributed by atoms with Crippen LogP contribution in [0.1, 0.15) is 31.7 Å². The third kappa shape index (κ3) is 4.20. The second kappa shape index (κ2) is 7.27. The van der Waals surface area contributed by atoms with Gasteiger partial charge in [0.2, 0.25) is 5.91 Å². The van der Waals surface area contributed by atoms with Crippen LogP contribution in [0.3, 0.4) is 0 Å². The Hall–Kier alpha value is -0.580. The Balaban J connectivity index is 0.00000180. The Kier molecular flexibility index (Phi) is 6.30. The first-order valence-electron chi connectivity index (χ1n) is 6.38. The largest absolute Gasteiger partial charge is 0.350 e. The molecule has 19 heavy (non-hydrogen) atoms. The van der Waals surface area contributed by atoms with Crippen LogP contribution >= 0.6 is 28.3 Å². The van der Waals surface area contributed by atoms with E-state index in [1.807, 2.05) is 31.2 Å². The monoisotopic (exact) mass is 346 g/mol. The molecule has 0 radical (unpaired) electrons. The summed E-state index contributed by atoms with van der Waals surface area (Å²) in [4.78, 5) is 12.2. The van der Waals surface area contributed by atoms with Crippen LogP contribution in [0, 0.1) is 0 Å². The van der Waals surface area contributed by atoms with Gasteiger partial charge < -0.3 is 10.6 Å². The molecular weight excluding hydrogens is 328 g/mol. The van der Waals surface area contributed by atoms with E-state index in [0.29, 0.717) is 6.54 Å². The molecule has 1 heterocycles. The highest BCUT2D eigenvalue weighted by Gasteiger charge is 2.33. The molecule has 3 nitrogen and oxygen atoms in total. The van der Waals surface area contributed by atoms with Gasteiger partial charge in [0.05, 0.1) is 5.54 Å². The summed E-state index contributed by atoms with van der Waals surface area (Å²) in [6.45, 7) is 3.48. The average molecular weight is 348 g/mol. The van der Waals surface area contributed by atoms with Gasteiger partial charge in [0.25, 0.3) is 0 Å². The topological polar surface area (TPSA) is 41.1 Å². The van der Waals surface area contributed by atoms with Gasteiger partial charge in [0.15, 0.2) is 0 Å². The normalized spacial score (nSPS) is 22.4. The standard InChI is InChI=1S/C14H19BrN2O.ClH/c1-14(8-4-5-9-17-14)13(18)16-10-11-6-2-3-7-12(11)15;/h2-3,6-7,17H,4-5,8-10H2,1H3,(H,16,18);1H. The summed E-state index contributed by atoms with van der Waals surface area (Å²) >= 11 is 3.49. The molecule has 0 bridgehead atoms. The lowest BCUT2D eigenvalue weighted by atomic mass is 9.90. The van der Waals surface area contributed by atoms with Crippen molar-refractivity contribution in [2.45, 2.75) is 38.3 Å². The quantitative estimate of drug-likeness (QED) is 0.882. The van der Waals surface area contributed by atoms with E-state index in [4.69, 9.17) is 0 Å². The molecule has 1 amide bonds. The van der Waals surface area contributed by atoms with Gasteiger partial charge in [-0.3, -0.25) is 4.79 Å². The zero-order valence-electron chi connectivity index (χ0n) is 11.0. The molecule has 1 aromatic rings. The van der Waals surface area contributed by atoms with Gasteiger partial charge in [-0.05, 0) is 44.4 Å². The molecule has 0 saturated carbocycles. The van der Waals surface area contributed by atoms with Crippen molar-refractivity contribution in [1.82, 2.24) is 10.6 Å². The zero-order valence-corrected chi connectivity index (χ0v) is 13.4. The lowest BCUT2D eigenvalue weighted by Crippen LogP contribution is -2.56. The molecule has 2 rings (SSSR count). The molecule has 1 aliphatic rings. The number of piperidine rings is 1. The highest BCUT2D eigenvalue weighted by atomic mass is 79.9. The van der Waals surface area contributed by atoms with E-state index in [2.05, 4.69) is 26.6 Å². The van der Waals surface area contributed by atoms with Gasteiger partial charge in [-0.15, -0.1) is 12.4 Å². The summed E-state index contributed by atoms with van der Waals surface area (Å²) in [5.41, 5.74) is 0.699. The van der Waals surface area contributed by atoms with Crippen LogP contribution in [0.5, 0.6) is 0 Å². The van der Waals surface area contributed by atoms with Crippen LogP contribution in [0.4, 0.5) is 0 Å². The highest BCUT2D eigenvalue weighted by molar-refractivity contribution is 9.10. The third-order valence-electron chi connectivity index (χ3n) is 3.52. The minimum absolute atomic E-state index is 0. The van der Waals surface area contributed by atoms with Gasteiger partial charge in [-0.25, -0.2) is 0 Å². The predicted molar refractivity (Wildman–Crippen MR) is 83.5 cm³/mol. The Morgan fingerprint density at radius 1 is 1.42 bits per heavy atom. The van der Waals surface area contributed by atoms with Gasteiger partial charge in [0, 0.05) is 11.0 Å². The van der Waals surface area contributed by atoms with Crippen LogP contribution in [0.2, 0.25) is 0 Å². The molecule has 5 heteroatoms. The number of hydrogen-bond acceptors (Lipinski definition) is 2. The molecule has 0 aliphatic carbocycles. The number of halogens is 2. The van der Waals surface area contributed by atoms with Crippen molar-refractivity contribution in [3.05, 3.63) is 34.3 Å². The van der Waals surface area contributed by atoms with Gasteiger partial charge >= 0.3 is 0 Å². The molecule has 1 unspecified atom stereocenters. The molecule has 1 atom stereocenters. The van der Waals surface area contributed by atoms with Crippen molar-refractivity contribution < 1.29 is 4.79 Å². The number of amides is 1. The summed E-state index contributed by atoms with van der Waals surface area (Å²) in [5, 5.41) is 6.34. The molecule has 106 valence electrons. The molecule has 1 aromatic carbocycles. The van der Waals surface area contributed by atoms with E-state index < -0.39 is 5.54 Å². The number of hydrogen-bond donors (Lipinski definition) is 2. The molecular formula is C14H20BrClN2O. The molecule has 2 N–H and O–H groups in total. The number of benzene rings is 1. The van der Waals surface area contributed by atoms with Crippen molar-refractivity contribution in [3.8, 4) is 0 Å². The van der Waals surface area contributed by atoms with Crippen LogP contribution in [0.25, 0.3) is 0 Å². The van der Waals surface area contributed by atoms with Crippen molar-refractivity contribution in [2.24, 2.45) is 0 Å². The van der Waals surface area contributed by atoms with Crippen molar-refractivity contribution >= 4 is 34.2 Å². The fraction of sp³-hybridized carbons (Fsp3) is 0.500. The van der Waals surface area contributed by atoms with Crippen molar-refractivity contribution in [1.29, 1.82) is 0 Å². The lowest BCUT2D eigenvalue weighted by molar-refractivity contribution is -0.128. The summed E-state index contributed by atoms with van der Waals surface area (Å²) in [7, 11) is 0. The number of carbonyl (C=O) groups is 1. The maximum Gasteiger partial charge on any atom is 0.240 e. The summed E-state index contributed by atoms with van der Waals surface area (Å²) < 4.78 is 1.03. The third-order valence-corrected chi connectivity index (χ3v) is 4.29. The minimum atomic E-state index is -0.403. The first kappa shape index (κ1) is 16.5. The zero-order chi connectivity index (χ0) is 13.0. The molecule has 1 aliphatic heterocycles. The van der Waals surface area contributed by atoms with Crippen LogP contribution < -0.4 is 10.6 Å². The molecule has 1 saturated heterocycles. The maximum atomic E-state index is 12.2. The summed E-state index contributed by atoms with van der Waals surface area (Å²) in [6.07, 6.45) is 3.19. The average Bonchev–Trinajstić information content (AvgIpc) is 2.38. The van der Waals surface area contributed by atoms with E-state index in [9.17, 15) is 4.79 Å². The Morgan fingerprint density at radius 3 is 2.79 bits per heavy atom. The SMILES string of the molecule is CC1(C(=O)NCc2ccccc2Br)CCCCN1.Cl. The van der Waals surface area contributed by atoms with Crippen LogP contribution in [-0.2, 0) is 11.3 Å². The van der Waals surface area contributed by atoms with Crippen molar-refractivity contribution in [2.75, 3.05) is 6.54 Å². The number of nitrogens with one attached hydrogen (secondary N) is 2. The van der Waals surface area contributed by atoms with Crippen LogP contribution in [-0.4, -0.2) is 18.0 Å². The Labute approximate surface area is 129 Å². The minimum Gasteiger partial charge on any atom is -0.350 e. The second-order valence-corrected chi connectivity index (χ2v) is 5.84. The highest BCUT2D eigenvalue weighted by Crippen LogP contribution is 2.20. The van der Waals surface area contributed by atoms with Gasteiger partial charge in [0.1, 0.15) is 0 Å². The fourth-order valence-corrected chi connectivity index (χ4v) is 2.69. The number of rotatable bonds is 3. The first-order chi connectivity index (χ1) is 8.62. The van der Waals surface area contributed by atoms with E-state index in [1.165, 1.54) is 0 Å². The summed E-state index contributed by atoms with van der Waals surface area (Å²) in [6, 6.07) is 7.95. The molecule has 1 fully saturated rings. The van der Waals surface area contributed by atoms with E-state index in [-0.39, 0.29) is 18.3 Å².